The molecule has 3 aromatic heterocycles. The van der Waals surface area contributed by atoms with Crippen LogP contribution in [0.2, 0.25) is 0 Å². The van der Waals surface area contributed by atoms with Gasteiger partial charge in [-0.15, -0.1) is 10.2 Å². The van der Waals surface area contributed by atoms with Crippen molar-refractivity contribution < 1.29 is 12.8 Å². The van der Waals surface area contributed by atoms with Crippen LogP contribution in [0.3, 0.4) is 0 Å². The SMILES string of the molecule is O=S(=O)(c1ccccc1)c1nnc2cc(-c3ccccc3)nn2c1-c1cc2ccccc2o1. The van der Waals surface area contributed by atoms with Crippen LogP contribution in [-0.4, -0.2) is 28.2 Å². The molecule has 0 radical (unpaired) electrons. The predicted octanol–water partition coefficient (Wildman–Crippen LogP) is 5.04. The van der Waals surface area contributed by atoms with Crippen molar-refractivity contribution in [2.24, 2.45) is 0 Å². The summed E-state index contributed by atoms with van der Waals surface area (Å²) in [5.41, 5.74) is 2.80. The molecule has 160 valence electrons. The maximum Gasteiger partial charge on any atom is 0.228 e. The van der Waals surface area contributed by atoms with Gasteiger partial charge in [-0.3, -0.25) is 0 Å². The minimum atomic E-state index is -4.00. The molecule has 0 spiro atoms. The van der Waals surface area contributed by atoms with Crippen molar-refractivity contribution in [3.63, 3.8) is 0 Å². The van der Waals surface area contributed by atoms with E-state index in [-0.39, 0.29) is 15.6 Å². The third-order valence-corrected chi connectivity index (χ3v) is 7.06. The molecule has 0 atom stereocenters. The number of para-hydroxylation sites is 1. The van der Waals surface area contributed by atoms with Gasteiger partial charge in [-0.25, -0.2) is 12.9 Å². The Balaban J connectivity index is 1.67. The molecule has 0 amide bonds. The molecular weight excluding hydrogens is 436 g/mol. The Morgan fingerprint density at radius 2 is 1.45 bits per heavy atom. The average Bonchev–Trinajstić information content (AvgIpc) is 3.49. The fourth-order valence-corrected chi connectivity index (χ4v) is 5.12. The normalized spacial score (nSPS) is 11.9. The Morgan fingerprint density at radius 3 is 2.21 bits per heavy atom. The van der Waals surface area contributed by atoms with Gasteiger partial charge in [0, 0.05) is 17.0 Å². The topological polar surface area (TPSA) is 90.4 Å². The van der Waals surface area contributed by atoms with Crippen LogP contribution in [0.5, 0.6) is 0 Å². The van der Waals surface area contributed by atoms with Gasteiger partial charge in [0.05, 0.1) is 10.6 Å². The van der Waals surface area contributed by atoms with Crippen LogP contribution in [-0.2, 0) is 9.84 Å². The molecule has 0 saturated heterocycles. The number of sulfone groups is 1. The second-order valence-corrected chi connectivity index (χ2v) is 9.35. The highest BCUT2D eigenvalue weighted by molar-refractivity contribution is 7.91. The minimum absolute atomic E-state index is 0.117. The highest BCUT2D eigenvalue weighted by atomic mass is 32.2. The van der Waals surface area contributed by atoms with Gasteiger partial charge < -0.3 is 4.42 Å². The summed E-state index contributed by atoms with van der Waals surface area (Å²) in [4.78, 5) is 0.117. The van der Waals surface area contributed by atoms with Crippen LogP contribution in [0.25, 0.3) is 39.3 Å². The van der Waals surface area contributed by atoms with E-state index in [4.69, 9.17) is 4.42 Å². The second kappa shape index (κ2) is 7.39. The fourth-order valence-electron chi connectivity index (χ4n) is 3.79. The van der Waals surface area contributed by atoms with Crippen LogP contribution in [0, 0.1) is 0 Å². The number of rotatable bonds is 4. The lowest BCUT2D eigenvalue weighted by Gasteiger charge is -2.09. The highest BCUT2D eigenvalue weighted by Gasteiger charge is 2.29. The van der Waals surface area contributed by atoms with E-state index >= 15 is 0 Å². The zero-order chi connectivity index (χ0) is 22.4. The second-order valence-electron chi connectivity index (χ2n) is 7.48. The van der Waals surface area contributed by atoms with Gasteiger partial charge in [0.25, 0.3) is 0 Å². The lowest BCUT2D eigenvalue weighted by Crippen LogP contribution is -2.12. The Kier molecular flexibility index (Phi) is 4.34. The third kappa shape index (κ3) is 3.19. The molecule has 0 unspecified atom stereocenters. The molecule has 33 heavy (non-hydrogen) atoms. The van der Waals surface area contributed by atoms with Crippen molar-refractivity contribution in [2.45, 2.75) is 9.92 Å². The van der Waals surface area contributed by atoms with Crippen molar-refractivity contribution in [1.29, 1.82) is 0 Å². The smallest absolute Gasteiger partial charge is 0.228 e. The van der Waals surface area contributed by atoms with Gasteiger partial charge >= 0.3 is 0 Å². The molecule has 3 heterocycles. The summed E-state index contributed by atoms with van der Waals surface area (Å²) in [6.45, 7) is 0. The molecular formula is C25H16N4O3S. The number of fused-ring (bicyclic) bond motifs is 2. The molecule has 6 aromatic rings. The number of furan rings is 1. The first kappa shape index (κ1) is 19.4. The lowest BCUT2D eigenvalue weighted by atomic mass is 10.2. The van der Waals surface area contributed by atoms with E-state index in [0.717, 1.165) is 10.9 Å². The molecule has 6 rings (SSSR count). The fraction of sp³-hybridized carbons (Fsp3) is 0. The Hall–Kier alpha value is -4.30. The third-order valence-electron chi connectivity index (χ3n) is 5.38. The summed E-state index contributed by atoms with van der Waals surface area (Å²) in [6, 6.07) is 28.8. The van der Waals surface area contributed by atoms with Gasteiger partial charge in [-0.05, 0) is 24.3 Å². The number of hydrogen-bond donors (Lipinski definition) is 0. The summed E-state index contributed by atoms with van der Waals surface area (Å²) in [5, 5.41) is 13.6. The zero-order valence-corrected chi connectivity index (χ0v) is 18.0. The molecule has 0 aliphatic heterocycles. The standard InChI is InChI=1S/C25H16N4O3S/c30-33(31,19-12-5-2-6-13-19)25-24(22-15-18-11-7-8-14-21(18)32-22)29-23(26-27-25)16-20(28-29)17-9-3-1-4-10-17/h1-16H. The summed E-state index contributed by atoms with van der Waals surface area (Å²) >= 11 is 0. The summed E-state index contributed by atoms with van der Waals surface area (Å²) < 4.78 is 34.7. The number of nitrogens with zero attached hydrogens (tertiary/aromatic N) is 4. The summed E-state index contributed by atoms with van der Waals surface area (Å²) in [7, 11) is -4.00. The maximum absolute atomic E-state index is 13.6. The molecule has 0 aliphatic carbocycles. The quantitative estimate of drug-likeness (QED) is 0.372. The van der Waals surface area contributed by atoms with Crippen molar-refractivity contribution in [3.8, 4) is 22.7 Å². The van der Waals surface area contributed by atoms with Gasteiger partial charge in [0.15, 0.2) is 11.4 Å². The monoisotopic (exact) mass is 452 g/mol. The van der Waals surface area contributed by atoms with Gasteiger partial charge in [0.2, 0.25) is 14.9 Å². The van der Waals surface area contributed by atoms with Crippen LogP contribution in [0.4, 0.5) is 0 Å². The van der Waals surface area contributed by atoms with E-state index < -0.39 is 9.84 Å². The predicted molar refractivity (Wildman–Crippen MR) is 123 cm³/mol. The van der Waals surface area contributed by atoms with Gasteiger partial charge in [-0.2, -0.15) is 5.10 Å². The molecule has 0 bridgehead atoms. The van der Waals surface area contributed by atoms with Crippen LogP contribution < -0.4 is 0 Å². The number of aromatic nitrogens is 4. The Bertz CT molecular complexity index is 1690. The lowest BCUT2D eigenvalue weighted by molar-refractivity contribution is 0.583. The molecule has 3 aromatic carbocycles. The van der Waals surface area contributed by atoms with Crippen LogP contribution in [0.1, 0.15) is 0 Å². The van der Waals surface area contributed by atoms with Crippen molar-refractivity contribution in [2.75, 3.05) is 0 Å². The molecule has 0 aliphatic rings. The molecule has 0 N–H and O–H groups in total. The number of benzene rings is 3. The minimum Gasteiger partial charge on any atom is -0.454 e. The van der Waals surface area contributed by atoms with Gasteiger partial charge in [0.1, 0.15) is 11.3 Å². The van der Waals surface area contributed by atoms with E-state index in [0.29, 0.717) is 22.7 Å². The summed E-state index contributed by atoms with van der Waals surface area (Å²) in [6.07, 6.45) is 0. The molecule has 0 saturated carbocycles. The van der Waals surface area contributed by atoms with E-state index in [9.17, 15) is 8.42 Å². The zero-order valence-electron chi connectivity index (χ0n) is 17.2. The van der Waals surface area contributed by atoms with Crippen LogP contribution in [0.15, 0.2) is 111 Å². The maximum atomic E-state index is 13.6. The largest absolute Gasteiger partial charge is 0.454 e. The first-order valence-corrected chi connectivity index (χ1v) is 11.7. The van der Waals surface area contributed by atoms with E-state index in [1.165, 1.54) is 16.6 Å². The Morgan fingerprint density at radius 1 is 0.758 bits per heavy atom. The van der Waals surface area contributed by atoms with E-state index in [2.05, 4.69) is 15.3 Å². The molecule has 8 heteroatoms. The average molecular weight is 452 g/mol. The van der Waals surface area contributed by atoms with Crippen molar-refractivity contribution in [3.05, 3.63) is 97.1 Å². The number of hydrogen-bond acceptors (Lipinski definition) is 6. The van der Waals surface area contributed by atoms with E-state index in [1.54, 1.807) is 30.3 Å². The Labute approximate surface area is 188 Å². The van der Waals surface area contributed by atoms with Gasteiger partial charge in [-0.1, -0.05) is 66.7 Å². The first-order valence-electron chi connectivity index (χ1n) is 10.2. The van der Waals surface area contributed by atoms with E-state index in [1.807, 2.05) is 54.6 Å². The molecule has 0 fully saturated rings. The first-order chi connectivity index (χ1) is 16.1. The summed E-state index contributed by atoms with van der Waals surface area (Å²) in [5.74, 6) is 0.341. The van der Waals surface area contributed by atoms with Crippen molar-refractivity contribution >= 4 is 26.5 Å². The van der Waals surface area contributed by atoms with Crippen LogP contribution >= 0.6 is 0 Å². The highest BCUT2D eigenvalue weighted by Crippen LogP contribution is 2.34. The van der Waals surface area contributed by atoms with Crippen molar-refractivity contribution in [1.82, 2.24) is 19.8 Å². The molecule has 7 nitrogen and oxygen atoms in total.